The molecule has 21 heavy (non-hydrogen) atoms. The van der Waals surface area contributed by atoms with Crippen molar-refractivity contribution in [2.75, 3.05) is 0 Å². The lowest BCUT2D eigenvalue weighted by Gasteiger charge is -2.12. The van der Waals surface area contributed by atoms with Crippen molar-refractivity contribution in [3.8, 4) is 11.1 Å². The van der Waals surface area contributed by atoms with Gasteiger partial charge in [-0.1, -0.05) is 30.3 Å². The van der Waals surface area contributed by atoms with Gasteiger partial charge in [0.05, 0.1) is 6.04 Å². The van der Waals surface area contributed by atoms with Gasteiger partial charge in [-0.2, -0.15) is 0 Å². The third-order valence-corrected chi connectivity index (χ3v) is 3.78. The fraction of sp³-hybridized carbons (Fsp3) is 0.188. The highest BCUT2D eigenvalue weighted by atomic mass is 19.2. The van der Waals surface area contributed by atoms with Crippen LogP contribution in [0.15, 0.2) is 36.4 Å². The van der Waals surface area contributed by atoms with Gasteiger partial charge in [-0.25, -0.2) is 13.6 Å². The van der Waals surface area contributed by atoms with Crippen LogP contribution in [0.4, 0.5) is 13.6 Å². The number of amides is 1. The zero-order valence-corrected chi connectivity index (χ0v) is 11.1. The molecule has 1 aliphatic carbocycles. The van der Waals surface area contributed by atoms with Gasteiger partial charge in [0.2, 0.25) is 0 Å². The lowest BCUT2D eigenvalue weighted by Crippen LogP contribution is -2.24. The first kappa shape index (κ1) is 13.5. The van der Waals surface area contributed by atoms with E-state index in [4.69, 9.17) is 5.11 Å². The van der Waals surface area contributed by atoms with E-state index in [-0.39, 0.29) is 11.6 Å². The van der Waals surface area contributed by atoms with E-state index in [2.05, 4.69) is 5.32 Å². The summed E-state index contributed by atoms with van der Waals surface area (Å²) < 4.78 is 27.1. The largest absolute Gasteiger partial charge is 0.465 e. The highest BCUT2D eigenvalue weighted by molar-refractivity contribution is 5.68. The second-order valence-electron chi connectivity index (χ2n) is 5.06. The molecule has 1 atom stereocenters. The Morgan fingerprint density at radius 3 is 2.81 bits per heavy atom. The van der Waals surface area contributed by atoms with Crippen LogP contribution >= 0.6 is 0 Å². The number of halogens is 2. The van der Waals surface area contributed by atoms with Crippen molar-refractivity contribution in [2.45, 2.75) is 18.9 Å². The summed E-state index contributed by atoms with van der Waals surface area (Å²) in [6.45, 7) is 0. The number of carbonyl (C=O) groups is 1. The van der Waals surface area contributed by atoms with E-state index < -0.39 is 17.7 Å². The van der Waals surface area contributed by atoms with Crippen molar-refractivity contribution < 1.29 is 18.7 Å². The van der Waals surface area contributed by atoms with E-state index in [1.54, 1.807) is 18.2 Å². The standard InChI is InChI=1S/C16H13F2NO2/c17-13-3-1-2-12(15(13)18)10-4-6-11-9(8-10)5-7-14(11)19-16(20)21/h1-4,6,8,14,19H,5,7H2,(H,20,21). The lowest BCUT2D eigenvalue weighted by molar-refractivity contribution is 0.190. The van der Waals surface area contributed by atoms with Crippen molar-refractivity contribution in [2.24, 2.45) is 0 Å². The molecule has 2 aromatic rings. The van der Waals surface area contributed by atoms with E-state index in [0.717, 1.165) is 17.2 Å². The Morgan fingerprint density at radius 2 is 2.05 bits per heavy atom. The SMILES string of the molecule is O=C(O)NC1CCc2cc(-c3cccc(F)c3F)ccc21. The lowest BCUT2D eigenvalue weighted by atomic mass is 9.99. The first-order chi connectivity index (χ1) is 10.1. The van der Waals surface area contributed by atoms with Crippen LogP contribution in [0.1, 0.15) is 23.6 Å². The van der Waals surface area contributed by atoms with Gasteiger partial charge >= 0.3 is 6.09 Å². The number of rotatable bonds is 2. The molecule has 0 fully saturated rings. The van der Waals surface area contributed by atoms with E-state index in [1.165, 1.54) is 12.1 Å². The van der Waals surface area contributed by atoms with Crippen molar-refractivity contribution in [3.63, 3.8) is 0 Å². The third-order valence-electron chi connectivity index (χ3n) is 3.78. The maximum absolute atomic E-state index is 13.8. The molecule has 1 aliphatic rings. The highest BCUT2D eigenvalue weighted by Gasteiger charge is 2.24. The monoisotopic (exact) mass is 289 g/mol. The van der Waals surface area contributed by atoms with Gasteiger partial charge in [-0.05, 0) is 35.6 Å². The van der Waals surface area contributed by atoms with Crippen LogP contribution in [0.2, 0.25) is 0 Å². The molecule has 0 saturated carbocycles. The van der Waals surface area contributed by atoms with Crippen LogP contribution in [0.25, 0.3) is 11.1 Å². The van der Waals surface area contributed by atoms with E-state index in [0.29, 0.717) is 18.4 Å². The second-order valence-corrected chi connectivity index (χ2v) is 5.06. The Bertz CT molecular complexity index is 715. The molecule has 2 N–H and O–H groups in total. The van der Waals surface area contributed by atoms with Gasteiger partial charge in [-0.15, -0.1) is 0 Å². The van der Waals surface area contributed by atoms with Gasteiger partial charge in [0, 0.05) is 5.56 Å². The predicted octanol–water partition coefficient (Wildman–Crippen LogP) is 3.89. The molecule has 0 radical (unpaired) electrons. The zero-order valence-electron chi connectivity index (χ0n) is 11.1. The van der Waals surface area contributed by atoms with Crippen molar-refractivity contribution in [1.29, 1.82) is 0 Å². The molecule has 2 aromatic carbocycles. The maximum atomic E-state index is 13.8. The number of nitrogens with one attached hydrogen (secondary N) is 1. The van der Waals surface area contributed by atoms with E-state index in [9.17, 15) is 13.6 Å². The molecule has 3 nitrogen and oxygen atoms in total. The van der Waals surface area contributed by atoms with Gasteiger partial charge < -0.3 is 10.4 Å². The molecule has 5 heteroatoms. The van der Waals surface area contributed by atoms with E-state index >= 15 is 0 Å². The Hall–Kier alpha value is -2.43. The first-order valence-corrected chi connectivity index (χ1v) is 6.63. The molecule has 1 amide bonds. The average Bonchev–Trinajstić information content (AvgIpc) is 2.83. The zero-order chi connectivity index (χ0) is 15.0. The summed E-state index contributed by atoms with van der Waals surface area (Å²) in [5.74, 6) is -1.74. The molecule has 1 unspecified atom stereocenters. The number of fused-ring (bicyclic) bond motifs is 1. The predicted molar refractivity (Wildman–Crippen MR) is 74.0 cm³/mol. The van der Waals surface area contributed by atoms with Gasteiger partial charge in [-0.3, -0.25) is 0 Å². The molecule has 0 heterocycles. The Balaban J connectivity index is 1.98. The van der Waals surface area contributed by atoms with Crippen molar-refractivity contribution >= 4 is 6.09 Å². The van der Waals surface area contributed by atoms with Crippen LogP contribution in [0.5, 0.6) is 0 Å². The summed E-state index contributed by atoms with van der Waals surface area (Å²) in [6.07, 6.45) is 0.329. The summed E-state index contributed by atoms with van der Waals surface area (Å²) >= 11 is 0. The fourth-order valence-electron chi connectivity index (χ4n) is 2.81. The van der Waals surface area contributed by atoms with Crippen LogP contribution in [0.3, 0.4) is 0 Å². The summed E-state index contributed by atoms with van der Waals surface area (Å²) in [6, 6.07) is 9.12. The topological polar surface area (TPSA) is 49.3 Å². The number of aryl methyl sites for hydroxylation is 1. The Labute approximate surface area is 120 Å². The average molecular weight is 289 g/mol. The highest BCUT2D eigenvalue weighted by Crippen LogP contribution is 2.35. The number of hydrogen-bond donors (Lipinski definition) is 2. The molecule has 0 aliphatic heterocycles. The molecule has 108 valence electrons. The number of carboxylic acid groups (broad SMARTS) is 1. The summed E-state index contributed by atoms with van der Waals surface area (Å²) in [5.41, 5.74) is 2.68. The molecule has 0 spiro atoms. The minimum absolute atomic E-state index is 0.215. The molecule has 3 rings (SSSR count). The second kappa shape index (κ2) is 5.16. The molecular formula is C16H13F2NO2. The minimum atomic E-state index is -1.06. The Morgan fingerprint density at radius 1 is 1.24 bits per heavy atom. The summed E-state index contributed by atoms with van der Waals surface area (Å²) in [4.78, 5) is 10.7. The van der Waals surface area contributed by atoms with Gasteiger partial charge in [0.25, 0.3) is 0 Å². The van der Waals surface area contributed by atoms with Crippen LogP contribution in [-0.4, -0.2) is 11.2 Å². The van der Waals surface area contributed by atoms with Crippen LogP contribution in [0, 0.1) is 11.6 Å². The van der Waals surface area contributed by atoms with Crippen molar-refractivity contribution in [1.82, 2.24) is 5.32 Å². The minimum Gasteiger partial charge on any atom is -0.465 e. The molecule has 0 saturated heterocycles. The fourth-order valence-corrected chi connectivity index (χ4v) is 2.81. The molecular weight excluding hydrogens is 276 g/mol. The van der Waals surface area contributed by atoms with Crippen LogP contribution < -0.4 is 5.32 Å². The van der Waals surface area contributed by atoms with Crippen LogP contribution in [-0.2, 0) is 6.42 Å². The Kier molecular flexibility index (Phi) is 3.33. The summed E-state index contributed by atoms with van der Waals surface area (Å²) in [5, 5.41) is 11.3. The van der Waals surface area contributed by atoms with Crippen molar-refractivity contribution in [3.05, 3.63) is 59.2 Å². The number of hydrogen-bond acceptors (Lipinski definition) is 1. The van der Waals surface area contributed by atoms with Gasteiger partial charge in [0.1, 0.15) is 0 Å². The summed E-state index contributed by atoms with van der Waals surface area (Å²) in [7, 11) is 0. The maximum Gasteiger partial charge on any atom is 0.405 e. The molecule has 0 bridgehead atoms. The van der Waals surface area contributed by atoms with E-state index in [1.807, 2.05) is 0 Å². The first-order valence-electron chi connectivity index (χ1n) is 6.63. The van der Waals surface area contributed by atoms with Gasteiger partial charge in [0.15, 0.2) is 11.6 Å². The normalized spacial score (nSPS) is 16.6. The third kappa shape index (κ3) is 2.46. The quantitative estimate of drug-likeness (QED) is 0.881. The smallest absolute Gasteiger partial charge is 0.405 e. The molecule has 0 aromatic heterocycles. The number of benzene rings is 2.